The number of rotatable bonds is 4. The largest absolute Gasteiger partial charge is 0.448 e. The molecule has 6 nitrogen and oxygen atoms in total. The van der Waals surface area contributed by atoms with Crippen LogP contribution in [0, 0.1) is 0 Å². The summed E-state index contributed by atoms with van der Waals surface area (Å²) in [6.45, 7) is 1.56. The highest BCUT2D eigenvalue weighted by molar-refractivity contribution is 5.95. The van der Waals surface area contributed by atoms with E-state index >= 15 is 0 Å². The Kier molecular flexibility index (Phi) is 3.57. The van der Waals surface area contributed by atoms with Gasteiger partial charge in [-0.1, -0.05) is 18.2 Å². The molecule has 4 aromatic rings. The standard InChI is InChI=1S/C19H16N4O2/c1-13(24)14-5-3-6-15(11-14)16-12-21-19-18(20-8-9-23(16)19)22(2)17-7-4-10-25-17/h3-12H,1-2H3. The molecule has 0 aliphatic carbocycles. The number of carbonyl (C=O) groups excluding carboxylic acids is 1. The van der Waals surface area contributed by atoms with Gasteiger partial charge < -0.3 is 4.42 Å². The second-order valence-corrected chi connectivity index (χ2v) is 5.74. The molecule has 4 rings (SSSR count). The van der Waals surface area contributed by atoms with E-state index in [1.165, 1.54) is 0 Å². The van der Waals surface area contributed by atoms with Gasteiger partial charge in [0.05, 0.1) is 18.2 Å². The fourth-order valence-corrected chi connectivity index (χ4v) is 2.82. The monoisotopic (exact) mass is 332 g/mol. The third-order valence-electron chi connectivity index (χ3n) is 4.13. The van der Waals surface area contributed by atoms with Gasteiger partial charge in [0.1, 0.15) is 0 Å². The molecule has 0 unspecified atom stereocenters. The van der Waals surface area contributed by atoms with E-state index in [-0.39, 0.29) is 5.78 Å². The van der Waals surface area contributed by atoms with Gasteiger partial charge in [0, 0.05) is 36.6 Å². The molecule has 0 aliphatic heterocycles. The van der Waals surface area contributed by atoms with Crippen LogP contribution in [0.25, 0.3) is 16.9 Å². The van der Waals surface area contributed by atoms with Crippen LogP contribution in [0.1, 0.15) is 17.3 Å². The first kappa shape index (κ1) is 15.1. The molecule has 25 heavy (non-hydrogen) atoms. The molecule has 1 aromatic carbocycles. The molecule has 0 aliphatic rings. The maximum atomic E-state index is 11.7. The number of ketones is 1. The van der Waals surface area contributed by atoms with Gasteiger partial charge >= 0.3 is 0 Å². The molecular formula is C19H16N4O2. The van der Waals surface area contributed by atoms with Crippen LogP contribution in [0.15, 0.2) is 65.7 Å². The quantitative estimate of drug-likeness (QED) is 0.529. The lowest BCUT2D eigenvalue weighted by Crippen LogP contribution is -2.12. The zero-order chi connectivity index (χ0) is 17.4. The smallest absolute Gasteiger partial charge is 0.200 e. The van der Waals surface area contributed by atoms with E-state index in [9.17, 15) is 4.79 Å². The van der Waals surface area contributed by atoms with Gasteiger partial charge in [0.25, 0.3) is 0 Å². The number of Topliss-reactive ketones (excluding diaryl/α,β-unsaturated/α-hetero) is 1. The molecule has 6 heteroatoms. The molecule has 3 heterocycles. The highest BCUT2D eigenvalue weighted by atomic mass is 16.3. The molecule has 124 valence electrons. The number of nitrogens with zero attached hydrogens (tertiary/aromatic N) is 4. The van der Waals surface area contributed by atoms with Gasteiger partial charge in [-0.25, -0.2) is 9.97 Å². The van der Waals surface area contributed by atoms with Crippen molar-refractivity contribution in [3.63, 3.8) is 0 Å². The molecule has 3 aromatic heterocycles. The number of furan rings is 1. The van der Waals surface area contributed by atoms with Crippen LogP contribution >= 0.6 is 0 Å². The lowest BCUT2D eigenvalue weighted by molar-refractivity contribution is 0.101. The Balaban J connectivity index is 1.85. The molecule has 0 saturated carbocycles. The summed E-state index contributed by atoms with van der Waals surface area (Å²) < 4.78 is 7.40. The second-order valence-electron chi connectivity index (χ2n) is 5.74. The van der Waals surface area contributed by atoms with E-state index in [1.807, 2.05) is 58.9 Å². The predicted molar refractivity (Wildman–Crippen MR) is 95.2 cm³/mol. The van der Waals surface area contributed by atoms with Crippen molar-refractivity contribution in [1.82, 2.24) is 14.4 Å². The number of hydrogen-bond acceptors (Lipinski definition) is 5. The Hall–Kier alpha value is -3.41. The van der Waals surface area contributed by atoms with E-state index in [2.05, 4.69) is 9.97 Å². The van der Waals surface area contributed by atoms with Crippen LogP contribution in [-0.2, 0) is 0 Å². The van der Waals surface area contributed by atoms with Crippen LogP contribution in [0.4, 0.5) is 11.7 Å². The Morgan fingerprint density at radius 1 is 1.20 bits per heavy atom. The number of anilines is 2. The number of imidazole rings is 1. The Morgan fingerprint density at radius 2 is 2.08 bits per heavy atom. The lowest BCUT2D eigenvalue weighted by Gasteiger charge is -2.15. The highest BCUT2D eigenvalue weighted by Crippen LogP contribution is 2.29. The molecule has 0 atom stereocenters. The zero-order valence-electron chi connectivity index (χ0n) is 13.9. The fourth-order valence-electron chi connectivity index (χ4n) is 2.82. The molecule has 0 amide bonds. The molecule has 0 spiro atoms. The molecule has 0 radical (unpaired) electrons. The van der Waals surface area contributed by atoms with Crippen molar-refractivity contribution in [3.05, 3.63) is 66.8 Å². The normalized spacial score (nSPS) is 11.0. The fraction of sp³-hybridized carbons (Fsp3) is 0.105. The first-order valence-corrected chi connectivity index (χ1v) is 7.86. The maximum absolute atomic E-state index is 11.7. The Morgan fingerprint density at radius 3 is 2.84 bits per heavy atom. The zero-order valence-corrected chi connectivity index (χ0v) is 13.9. The summed E-state index contributed by atoms with van der Waals surface area (Å²) in [6.07, 6.45) is 6.99. The lowest BCUT2D eigenvalue weighted by atomic mass is 10.1. The van der Waals surface area contributed by atoms with Crippen LogP contribution in [-0.4, -0.2) is 27.2 Å². The molecular weight excluding hydrogens is 316 g/mol. The first-order valence-electron chi connectivity index (χ1n) is 7.86. The van der Waals surface area contributed by atoms with Gasteiger partial charge in [0.2, 0.25) is 5.88 Å². The van der Waals surface area contributed by atoms with Crippen molar-refractivity contribution in [2.45, 2.75) is 6.92 Å². The summed E-state index contributed by atoms with van der Waals surface area (Å²) in [5, 5.41) is 0. The molecule has 0 bridgehead atoms. The van der Waals surface area contributed by atoms with E-state index in [0.29, 0.717) is 22.9 Å². The number of benzene rings is 1. The van der Waals surface area contributed by atoms with Crippen LogP contribution in [0.3, 0.4) is 0 Å². The number of hydrogen-bond donors (Lipinski definition) is 0. The Labute approximate surface area is 144 Å². The van der Waals surface area contributed by atoms with E-state index in [1.54, 1.807) is 25.6 Å². The second kappa shape index (κ2) is 5.90. The summed E-state index contributed by atoms with van der Waals surface area (Å²) in [5.41, 5.74) is 3.21. The van der Waals surface area contributed by atoms with Gasteiger partial charge in [-0.3, -0.25) is 14.1 Å². The van der Waals surface area contributed by atoms with Gasteiger partial charge in [-0.2, -0.15) is 0 Å². The van der Waals surface area contributed by atoms with Crippen molar-refractivity contribution in [2.75, 3.05) is 11.9 Å². The molecule has 0 fully saturated rings. The summed E-state index contributed by atoms with van der Waals surface area (Å²) >= 11 is 0. The van der Waals surface area contributed by atoms with Crippen molar-refractivity contribution in [1.29, 1.82) is 0 Å². The minimum atomic E-state index is 0.0376. The molecule has 0 saturated heterocycles. The summed E-state index contributed by atoms with van der Waals surface area (Å²) in [7, 11) is 1.88. The third kappa shape index (κ3) is 2.57. The van der Waals surface area contributed by atoms with Gasteiger partial charge in [0.15, 0.2) is 17.2 Å². The van der Waals surface area contributed by atoms with Crippen molar-refractivity contribution < 1.29 is 9.21 Å². The first-order chi connectivity index (χ1) is 12.1. The predicted octanol–water partition coefficient (Wildman–Crippen LogP) is 3.96. The Bertz CT molecular complexity index is 1050. The summed E-state index contributed by atoms with van der Waals surface area (Å²) in [4.78, 5) is 22.5. The minimum Gasteiger partial charge on any atom is -0.448 e. The average Bonchev–Trinajstić information content (AvgIpc) is 3.30. The highest BCUT2D eigenvalue weighted by Gasteiger charge is 2.16. The van der Waals surface area contributed by atoms with Gasteiger partial charge in [-0.15, -0.1) is 0 Å². The minimum absolute atomic E-state index is 0.0376. The average molecular weight is 332 g/mol. The van der Waals surface area contributed by atoms with E-state index in [4.69, 9.17) is 4.42 Å². The van der Waals surface area contributed by atoms with Crippen molar-refractivity contribution in [2.24, 2.45) is 0 Å². The maximum Gasteiger partial charge on any atom is 0.200 e. The van der Waals surface area contributed by atoms with Crippen LogP contribution in [0.2, 0.25) is 0 Å². The number of aromatic nitrogens is 3. The van der Waals surface area contributed by atoms with Gasteiger partial charge in [-0.05, 0) is 19.1 Å². The van der Waals surface area contributed by atoms with Crippen molar-refractivity contribution in [3.8, 4) is 11.3 Å². The van der Waals surface area contributed by atoms with E-state index < -0.39 is 0 Å². The molecule has 0 N–H and O–H groups in total. The van der Waals surface area contributed by atoms with Crippen LogP contribution < -0.4 is 4.90 Å². The topological polar surface area (TPSA) is 63.6 Å². The number of fused-ring (bicyclic) bond motifs is 1. The van der Waals surface area contributed by atoms with E-state index in [0.717, 1.165) is 11.3 Å². The SMILES string of the molecule is CC(=O)c1cccc(-c2cnc3c(N(C)c4ccco4)nccn23)c1. The summed E-state index contributed by atoms with van der Waals surface area (Å²) in [6, 6.07) is 11.2. The third-order valence-corrected chi connectivity index (χ3v) is 4.13. The number of carbonyl (C=O) groups is 1. The van der Waals surface area contributed by atoms with Crippen LogP contribution in [0.5, 0.6) is 0 Å². The van der Waals surface area contributed by atoms with Crippen molar-refractivity contribution >= 4 is 23.1 Å². The summed E-state index contributed by atoms with van der Waals surface area (Å²) in [5.74, 6) is 1.41.